The van der Waals surface area contributed by atoms with E-state index in [1.165, 1.54) is 38.7 Å². The van der Waals surface area contributed by atoms with E-state index in [0.717, 1.165) is 141 Å². The highest BCUT2D eigenvalue weighted by molar-refractivity contribution is 7.92. The smallest absolute Gasteiger partial charge is 0.232 e. The van der Waals surface area contributed by atoms with Gasteiger partial charge >= 0.3 is 0 Å². The standard InChI is InChI=1S/C27H33N7O3S.C23H26N6O2S.C20H24ClN5O3S.C6H9N3/c1-17-18(2)29-21(16-28-17)14-20-15-23(32-22-10-6-7-11-24(22)33(4)38(5,35)36)26-27(31-20)34(19(3)30-26)25-12-8-9-13-37-25;1-14-10-20-23(25-14)21(12-17(27-20)11-18-13-24-15(2)16(3)26-18)28-19-8-6-7-9-22(19)29(4)32(5,30)31;1-13-22-19-15(23-14-8-4-5-9-16(14)25(2)30(3,27)28)12-17(21)24-20(19)26(13)18-10-6-7-11-29-18;1-4-5(2)9-6(7)3-8-4/h6-7,10-11,15-16,25H,8-9,12-14H2,1-5H3,(H,31,32);6-9,12-13H,10-11H2,1-5H3,(H,27,28);4-5,8-9,12,18H,6-7,10-11H2,1-3H3,(H,23,24);3H,1-2H3,(H2,7,9). The monoisotopic (exact) mass is 1560 g/mol. The first-order valence-corrected chi connectivity index (χ1v) is 41.4. The van der Waals surface area contributed by atoms with Gasteiger partial charge in [0.25, 0.3) is 0 Å². The average molecular weight is 1560 g/mol. The molecule has 3 aliphatic heterocycles. The van der Waals surface area contributed by atoms with Crippen LogP contribution in [0.3, 0.4) is 0 Å². The molecule has 8 aromatic heterocycles. The van der Waals surface area contributed by atoms with Crippen molar-refractivity contribution in [1.82, 2.24) is 64.0 Å². The molecule has 109 heavy (non-hydrogen) atoms. The largest absolute Gasteiger partial charge is 0.382 e. The van der Waals surface area contributed by atoms with Crippen LogP contribution in [-0.2, 0) is 58.8 Å². The molecule has 11 heterocycles. The van der Waals surface area contributed by atoms with Gasteiger partial charge in [-0.05, 0) is 149 Å². The quantitative estimate of drug-likeness (QED) is 0.0580. The zero-order chi connectivity index (χ0) is 78.4. The molecule has 0 aliphatic carbocycles. The molecule has 29 nitrogen and oxygen atoms in total. The fourth-order valence-electron chi connectivity index (χ4n) is 12.6. The molecular weight excluding hydrogens is 1470 g/mol. The molecule has 2 unspecified atom stereocenters. The van der Waals surface area contributed by atoms with Crippen molar-refractivity contribution in [3.05, 3.63) is 189 Å². The zero-order valence-electron chi connectivity index (χ0n) is 63.9. The van der Waals surface area contributed by atoms with Gasteiger partial charge in [-0.25, -0.2) is 50.2 Å². The Bertz CT molecular complexity index is 5600. The second kappa shape index (κ2) is 33.6. The summed E-state index contributed by atoms with van der Waals surface area (Å²) >= 11 is 6.35. The number of aromatic nitrogens is 13. The number of aryl methyl sites for hydroxylation is 8. The number of sulfonamides is 3. The van der Waals surface area contributed by atoms with Crippen LogP contribution in [0, 0.1) is 55.4 Å². The number of rotatable bonds is 18. The van der Waals surface area contributed by atoms with Crippen molar-refractivity contribution in [1.29, 1.82) is 0 Å². The Kier molecular flexibility index (Phi) is 24.6. The van der Waals surface area contributed by atoms with Crippen molar-refractivity contribution in [3.63, 3.8) is 0 Å². The third kappa shape index (κ3) is 19.2. The van der Waals surface area contributed by atoms with Crippen LogP contribution in [0.15, 0.2) is 115 Å². The number of para-hydroxylation sites is 6. The summed E-state index contributed by atoms with van der Waals surface area (Å²) < 4.78 is 92.9. The summed E-state index contributed by atoms with van der Waals surface area (Å²) in [5.74, 6) is 2.08. The van der Waals surface area contributed by atoms with Crippen molar-refractivity contribution in [2.24, 2.45) is 4.99 Å². The lowest BCUT2D eigenvalue weighted by atomic mass is 10.1. The molecule has 14 rings (SSSR count). The van der Waals surface area contributed by atoms with Crippen LogP contribution >= 0.6 is 11.6 Å². The van der Waals surface area contributed by atoms with Crippen molar-refractivity contribution in [2.45, 2.75) is 133 Å². The fourth-order valence-corrected chi connectivity index (χ4v) is 14.3. The minimum atomic E-state index is -3.46. The molecule has 0 radical (unpaired) electrons. The number of halogens is 1. The maximum atomic E-state index is 12.3. The van der Waals surface area contributed by atoms with Gasteiger partial charge in [0.15, 0.2) is 11.3 Å². The second-order valence-electron chi connectivity index (χ2n) is 27.2. The van der Waals surface area contributed by atoms with Gasteiger partial charge in [-0.3, -0.25) is 56.9 Å². The van der Waals surface area contributed by atoms with Crippen LogP contribution in [0.1, 0.15) is 132 Å². The predicted molar refractivity (Wildman–Crippen MR) is 431 cm³/mol. The number of nitrogen functional groups attached to an aromatic ring is 1. The maximum absolute atomic E-state index is 12.3. The number of pyridine rings is 3. The van der Waals surface area contributed by atoms with Crippen molar-refractivity contribution >= 4 is 132 Å². The van der Waals surface area contributed by atoms with E-state index in [0.29, 0.717) is 99.9 Å². The van der Waals surface area contributed by atoms with Gasteiger partial charge in [-0.2, -0.15) is 0 Å². The molecule has 5 N–H and O–H groups in total. The lowest BCUT2D eigenvalue weighted by Gasteiger charge is -2.25. The van der Waals surface area contributed by atoms with E-state index in [1.807, 2.05) is 128 Å². The second-order valence-corrected chi connectivity index (χ2v) is 33.6. The highest BCUT2D eigenvalue weighted by atomic mass is 35.5. The van der Waals surface area contributed by atoms with Crippen LogP contribution in [0.5, 0.6) is 0 Å². The van der Waals surface area contributed by atoms with Gasteiger partial charge in [0.05, 0.1) is 133 Å². The Morgan fingerprint density at radius 2 is 0.862 bits per heavy atom. The molecule has 3 aromatic carbocycles. The van der Waals surface area contributed by atoms with Gasteiger partial charge in [0.1, 0.15) is 51.8 Å². The molecule has 0 amide bonds. The van der Waals surface area contributed by atoms with Crippen LogP contribution in [0.2, 0.25) is 5.15 Å². The number of fused-ring (bicyclic) bond motifs is 3. The van der Waals surface area contributed by atoms with Gasteiger partial charge in [0.2, 0.25) is 30.1 Å². The summed E-state index contributed by atoms with van der Waals surface area (Å²) in [5.41, 5.74) is 25.2. The molecule has 11 aromatic rings. The molecule has 0 spiro atoms. The Morgan fingerprint density at radius 3 is 1.28 bits per heavy atom. The summed E-state index contributed by atoms with van der Waals surface area (Å²) in [6.07, 6.45) is 16.2. The minimum absolute atomic E-state index is 0.119. The lowest BCUT2D eigenvalue weighted by molar-refractivity contribution is -0.0310. The van der Waals surface area contributed by atoms with E-state index >= 15 is 0 Å². The third-order valence-electron chi connectivity index (χ3n) is 18.9. The Labute approximate surface area is 641 Å². The summed E-state index contributed by atoms with van der Waals surface area (Å²) in [7, 11) is -5.68. The van der Waals surface area contributed by atoms with Crippen LogP contribution in [0.25, 0.3) is 22.3 Å². The zero-order valence-corrected chi connectivity index (χ0v) is 67.1. The summed E-state index contributed by atoms with van der Waals surface area (Å²) in [5, 5.41) is 10.5. The average Bonchev–Trinajstić information content (AvgIpc) is 1.63. The van der Waals surface area contributed by atoms with E-state index in [1.54, 1.807) is 63.0 Å². The van der Waals surface area contributed by atoms with Gasteiger partial charge in [-0.1, -0.05) is 48.0 Å². The van der Waals surface area contributed by atoms with Crippen molar-refractivity contribution < 1.29 is 34.7 Å². The molecule has 2 saturated heterocycles. The van der Waals surface area contributed by atoms with E-state index in [9.17, 15) is 25.3 Å². The molecule has 33 heteroatoms. The first-order chi connectivity index (χ1) is 51.7. The van der Waals surface area contributed by atoms with Crippen molar-refractivity contribution in [2.75, 3.05) is 87.7 Å². The topological polar surface area (TPSA) is 357 Å². The van der Waals surface area contributed by atoms with Gasteiger partial charge in [0, 0.05) is 83.5 Å². The van der Waals surface area contributed by atoms with E-state index in [-0.39, 0.29) is 12.5 Å². The summed E-state index contributed by atoms with van der Waals surface area (Å²) in [4.78, 5) is 54.8. The number of nitrogens with zero attached hydrogens (tertiary/aromatic N) is 17. The molecule has 0 bridgehead atoms. The highest BCUT2D eigenvalue weighted by Gasteiger charge is 2.28. The summed E-state index contributed by atoms with van der Waals surface area (Å²) in [6, 6.07) is 27.4. The Balaban J connectivity index is 0.000000154. The molecule has 2 atom stereocenters. The number of anilines is 10. The Morgan fingerprint density at radius 1 is 0.468 bits per heavy atom. The summed E-state index contributed by atoms with van der Waals surface area (Å²) in [6.45, 7) is 18.8. The number of hydrogen-bond acceptors (Lipinski definition) is 24. The maximum Gasteiger partial charge on any atom is 0.232 e. The highest BCUT2D eigenvalue weighted by Crippen LogP contribution is 2.41. The Hall–Kier alpha value is -10.4. The van der Waals surface area contributed by atoms with E-state index in [2.05, 4.69) is 55.4 Å². The minimum Gasteiger partial charge on any atom is -0.382 e. The number of aliphatic imine (C=N–C) groups is 1. The number of nitrogens with one attached hydrogen (secondary N) is 3. The normalized spacial score (nSPS) is 15.0. The number of hydrogen-bond donors (Lipinski definition) is 4. The van der Waals surface area contributed by atoms with E-state index < -0.39 is 30.1 Å². The molecule has 3 aliphatic rings. The molecule has 574 valence electrons. The van der Waals surface area contributed by atoms with Crippen molar-refractivity contribution in [3.8, 4) is 0 Å². The fraction of sp³-hybridized carbons (Fsp3) is 0.368. The van der Waals surface area contributed by atoms with Crippen LogP contribution < -0.4 is 34.6 Å². The SMILES string of the molecule is CC1=Nc2c(Nc3ccccc3N(C)S(C)(=O)=O)cc(Cc3cnc(C)c(C)n3)nc2C1.Cc1nc2c(Nc3ccccc3N(C)S(C)(=O)=O)cc(Cl)nc2n1C1CCCCO1.Cc1ncc(Cc2cc(Nc3ccccc3N(C)S(C)(=O)=O)c3nc(C)n(C4CCCCO4)c3n2)nc1C.Cc1ncc(N)nc1C. The number of imidazole rings is 2. The van der Waals surface area contributed by atoms with Crippen LogP contribution in [-0.4, -0.2) is 148 Å². The molecular formula is C76H92ClN21O8S3. The number of benzene rings is 3. The first-order valence-electron chi connectivity index (χ1n) is 35.5. The number of nitrogens with two attached hydrogens (primary N) is 1. The van der Waals surface area contributed by atoms with Crippen LogP contribution in [0.4, 0.5) is 62.7 Å². The van der Waals surface area contributed by atoms with Gasteiger partial charge in [-0.15, -0.1) is 0 Å². The number of ether oxygens (including phenoxy) is 2. The van der Waals surface area contributed by atoms with E-state index in [4.69, 9.17) is 51.7 Å². The molecule has 0 saturated carbocycles. The predicted octanol–water partition coefficient (Wildman–Crippen LogP) is 13.4. The van der Waals surface area contributed by atoms with Gasteiger partial charge < -0.3 is 31.2 Å². The molecule has 2 fully saturated rings. The first kappa shape index (κ1) is 79.7. The lowest BCUT2D eigenvalue weighted by Crippen LogP contribution is -2.25. The third-order valence-corrected chi connectivity index (χ3v) is 22.6.